The molecule has 158 valence electrons. The number of nitrogens with zero attached hydrogens (tertiary/aromatic N) is 1. The van der Waals surface area contributed by atoms with Gasteiger partial charge in [-0.1, -0.05) is 44.0 Å². The summed E-state index contributed by atoms with van der Waals surface area (Å²) in [6.45, 7) is 1.46. The quantitative estimate of drug-likeness (QED) is 0.513. The Hall–Kier alpha value is -1.09. The molecule has 1 fully saturated rings. The molecule has 3 nitrogen and oxygen atoms in total. The predicted octanol–water partition coefficient (Wildman–Crippen LogP) is 5.87. The van der Waals surface area contributed by atoms with Gasteiger partial charge in [0.05, 0.1) is 5.56 Å². The number of hydrogen-bond donors (Lipinski definition) is 1. The van der Waals surface area contributed by atoms with E-state index in [9.17, 15) is 18.0 Å². The first kappa shape index (κ1) is 24.2. The SMILES string of the molecule is CN(C(=O)c1cc(Br)cc(C(F)(F)F)c1)C1CCNCC1c1ccc(Br)cc1.Cl. The molecule has 1 N–H and O–H groups in total. The number of carbonyl (C=O) groups excluding carboxylic acids is 1. The highest BCUT2D eigenvalue weighted by Gasteiger charge is 2.35. The van der Waals surface area contributed by atoms with Gasteiger partial charge in [-0.25, -0.2) is 0 Å². The zero-order chi connectivity index (χ0) is 20.5. The largest absolute Gasteiger partial charge is 0.416 e. The van der Waals surface area contributed by atoms with Crippen molar-refractivity contribution in [1.29, 1.82) is 0 Å². The number of halogens is 6. The van der Waals surface area contributed by atoms with Crippen LogP contribution in [0.25, 0.3) is 0 Å². The average Bonchev–Trinajstić information content (AvgIpc) is 2.66. The maximum Gasteiger partial charge on any atom is 0.416 e. The van der Waals surface area contributed by atoms with Crippen molar-refractivity contribution in [1.82, 2.24) is 10.2 Å². The number of amides is 1. The van der Waals surface area contributed by atoms with Gasteiger partial charge in [0.1, 0.15) is 0 Å². The van der Waals surface area contributed by atoms with E-state index in [4.69, 9.17) is 0 Å². The van der Waals surface area contributed by atoms with E-state index < -0.39 is 17.6 Å². The van der Waals surface area contributed by atoms with Crippen LogP contribution in [-0.4, -0.2) is 37.0 Å². The van der Waals surface area contributed by atoms with Gasteiger partial charge in [-0.15, -0.1) is 12.4 Å². The molecule has 1 amide bonds. The summed E-state index contributed by atoms with van der Waals surface area (Å²) in [7, 11) is 1.67. The highest BCUT2D eigenvalue weighted by molar-refractivity contribution is 9.10. The molecule has 0 spiro atoms. The summed E-state index contributed by atoms with van der Waals surface area (Å²) in [4.78, 5) is 14.6. The molecule has 0 radical (unpaired) electrons. The Morgan fingerprint density at radius 3 is 2.38 bits per heavy atom. The summed E-state index contributed by atoms with van der Waals surface area (Å²) in [5.74, 6) is -0.356. The lowest BCUT2D eigenvalue weighted by molar-refractivity contribution is -0.137. The number of likely N-dealkylation sites (N-methyl/N-ethyl adjacent to an activating group) is 1. The third-order valence-corrected chi connectivity index (χ3v) is 6.02. The zero-order valence-electron chi connectivity index (χ0n) is 15.5. The van der Waals surface area contributed by atoms with Crippen LogP contribution in [0, 0.1) is 0 Å². The molecule has 2 aromatic rings. The van der Waals surface area contributed by atoms with E-state index in [1.165, 1.54) is 6.07 Å². The van der Waals surface area contributed by atoms with Crippen molar-refractivity contribution in [2.24, 2.45) is 0 Å². The van der Waals surface area contributed by atoms with Crippen LogP contribution < -0.4 is 5.32 Å². The fourth-order valence-corrected chi connectivity index (χ4v) is 4.35. The second-order valence-electron chi connectivity index (χ2n) is 6.86. The Bertz CT molecular complexity index is 862. The molecule has 9 heteroatoms. The topological polar surface area (TPSA) is 32.3 Å². The number of piperidine rings is 1. The molecule has 0 saturated carbocycles. The van der Waals surface area contributed by atoms with E-state index in [1.54, 1.807) is 11.9 Å². The summed E-state index contributed by atoms with van der Waals surface area (Å²) in [5, 5.41) is 3.34. The van der Waals surface area contributed by atoms with Crippen LogP contribution in [0.2, 0.25) is 0 Å². The highest BCUT2D eigenvalue weighted by Crippen LogP contribution is 2.33. The number of rotatable bonds is 3. The van der Waals surface area contributed by atoms with Crippen molar-refractivity contribution in [2.45, 2.75) is 24.6 Å². The van der Waals surface area contributed by atoms with Crippen molar-refractivity contribution < 1.29 is 18.0 Å². The molecular formula is C20H20Br2ClF3N2O. The minimum absolute atomic E-state index is 0. The third-order valence-electron chi connectivity index (χ3n) is 5.03. The van der Waals surface area contributed by atoms with E-state index >= 15 is 0 Å². The van der Waals surface area contributed by atoms with Gasteiger partial charge in [0.15, 0.2) is 0 Å². The van der Waals surface area contributed by atoms with Gasteiger partial charge >= 0.3 is 6.18 Å². The van der Waals surface area contributed by atoms with Crippen LogP contribution in [0.15, 0.2) is 51.4 Å². The third kappa shape index (κ3) is 5.75. The normalized spacial score (nSPS) is 19.4. The van der Waals surface area contributed by atoms with E-state index in [2.05, 4.69) is 37.2 Å². The van der Waals surface area contributed by atoms with Gasteiger partial charge in [-0.05, 0) is 48.9 Å². The van der Waals surface area contributed by atoms with Crippen molar-refractivity contribution in [3.05, 3.63) is 68.1 Å². The first-order chi connectivity index (χ1) is 13.2. The van der Waals surface area contributed by atoms with E-state index in [1.807, 2.05) is 24.3 Å². The molecule has 3 rings (SSSR count). The van der Waals surface area contributed by atoms with Crippen LogP contribution in [0.3, 0.4) is 0 Å². The maximum absolute atomic E-state index is 13.1. The number of hydrogen-bond acceptors (Lipinski definition) is 2. The van der Waals surface area contributed by atoms with Gasteiger partial charge < -0.3 is 10.2 Å². The van der Waals surface area contributed by atoms with Gasteiger partial charge in [-0.3, -0.25) is 4.79 Å². The molecule has 2 aromatic carbocycles. The van der Waals surface area contributed by atoms with E-state index in [-0.39, 0.29) is 34.4 Å². The van der Waals surface area contributed by atoms with Gasteiger partial charge in [0.2, 0.25) is 0 Å². The molecule has 1 aliphatic rings. The monoisotopic (exact) mass is 554 g/mol. The van der Waals surface area contributed by atoms with Crippen molar-refractivity contribution >= 4 is 50.2 Å². The van der Waals surface area contributed by atoms with Crippen LogP contribution in [0.4, 0.5) is 13.2 Å². The lowest BCUT2D eigenvalue weighted by Gasteiger charge is -2.39. The summed E-state index contributed by atoms with van der Waals surface area (Å²) in [6.07, 6.45) is -3.78. The molecular weight excluding hydrogens is 536 g/mol. The van der Waals surface area contributed by atoms with Crippen molar-refractivity contribution in [3.8, 4) is 0 Å². The lowest BCUT2D eigenvalue weighted by atomic mass is 9.86. The number of carbonyl (C=O) groups is 1. The fourth-order valence-electron chi connectivity index (χ4n) is 3.59. The van der Waals surface area contributed by atoms with Crippen molar-refractivity contribution in [2.75, 3.05) is 20.1 Å². The molecule has 1 saturated heterocycles. The Morgan fingerprint density at radius 2 is 1.76 bits per heavy atom. The number of nitrogens with one attached hydrogen (secondary N) is 1. The Morgan fingerprint density at radius 1 is 1.10 bits per heavy atom. The maximum atomic E-state index is 13.1. The molecule has 0 aromatic heterocycles. The Labute approximate surface area is 190 Å². The predicted molar refractivity (Wildman–Crippen MR) is 117 cm³/mol. The number of benzene rings is 2. The minimum atomic E-state index is -4.51. The lowest BCUT2D eigenvalue weighted by Crippen LogP contribution is -2.49. The summed E-state index contributed by atoms with van der Waals surface area (Å²) in [5.41, 5.74) is 0.274. The molecule has 0 bridgehead atoms. The molecule has 2 unspecified atom stereocenters. The summed E-state index contributed by atoms with van der Waals surface area (Å²) < 4.78 is 40.6. The minimum Gasteiger partial charge on any atom is -0.338 e. The van der Waals surface area contributed by atoms with Gasteiger partial charge in [0, 0.05) is 40.1 Å². The molecule has 1 heterocycles. The standard InChI is InChI=1S/C20H19Br2F3N2O.ClH/c1-27(19(28)13-8-14(20(23,24)25)10-16(22)9-13)18-6-7-26-11-17(18)12-2-4-15(21)5-3-12;/h2-5,8-10,17-18,26H,6-7,11H2,1H3;1H. The number of alkyl halides is 3. The van der Waals surface area contributed by atoms with Crippen LogP contribution in [-0.2, 0) is 6.18 Å². The second-order valence-corrected chi connectivity index (χ2v) is 8.69. The average molecular weight is 557 g/mol. The van der Waals surface area contributed by atoms with Gasteiger partial charge in [-0.2, -0.15) is 13.2 Å². The van der Waals surface area contributed by atoms with Crippen LogP contribution in [0.1, 0.15) is 33.8 Å². The second kappa shape index (κ2) is 9.81. The Kier molecular flexibility index (Phi) is 8.18. The first-order valence-electron chi connectivity index (χ1n) is 8.78. The highest BCUT2D eigenvalue weighted by atomic mass is 79.9. The van der Waals surface area contributed by atoms with Gasteiger partial charge in [0.25, 0.3) is 5.91 Å². The van der Waals surface area contributed by atoms with Crippen LogP contribution in [0.5, 0.6) is 0 Å². The zero-order valence-corrected chi connectivity index (χ0v) is 19.5. The molecule has 29 heavy (non-hydrogen) atoms. The Balaban J connectivity index is 0.00000300. The smallest absolute Gasteiger partial charge is 0.338 e. The van der Waals surface area contributed by atoms with Crippen molar-refractivity contribution in [3.63, 3.8) is 0 Å². The van der Waals surface area contributed by atoms with E-state index in [0.717, 1.165) is 35.1 Å². The summed E-state index contributed by atoms with van der Waals surface area (Å²) >= 11 is 6.51. The molecule has 0 aliphatic carbocycles. The van der Waals surface area contributed by atoms with Crippen LogP contribution >= 0.6 is 44.3 Å². The molecule has 2 atom stereocenters. The first-order valence-corrected chi connectivity index (χ1v) is 10.4. The summed E-state index contributed by atoms with van der Waals surface area (Å²) in [6, 6.07) is 11.1. The van der Waals surface area contributed by atoms with E-state index in [0.29, 0.717) is 6.54 Å². The fraction of sp³-hybridized carbons (Fsp3) is 0.350. The molecule has 1 aliphatic heterocycles.